The Hall–Kier alpha value is -0.0800. The van der Waals surface area contributed by atoms with E-state index in [2.05, 4.69) is 12.2 Å². The van der Waals surface area contributed by atoms with Crippen LogP contribution in [0.25, 0.3) is 0 Å². The molecular weight excluding hydrogens is 150 g/mol. The second-order valence-corrected chi connectivity index (χ2v) is 3.66. The highest BCUT2D eigenvalue weighted by molar-refractivity contribution is 4.72. The molecule has 1 fully saturated rings. The fourth-order valence-corrected chi connectivity index (χ4v) is 1.55. The second-order valence-electron chi connectivity index (χ2n) is 3.66. The lowest BCUT2D eigenvalue weighted by Crippen LogP contribution is -2.33. The molecule has 0 heterocycles. The first kappa shape index (κ1) is 10.0. The minimum atomic E-state index is 0.449. The van der Waals surface area contributed by atoms with E-state index in [0.717, 1.165) is 6.54 Å². The van der Waals surface area contributed by atoms with Gasteiger partial charge < -0.3 is 10.1 Å². The van der Waals surface area contributed by atoms with Gasteiger partial charge in [0, 0.05) is 6.54 Å². The molecule has 72 valence electrons. The summed E-state index contributed by atoms with van der Waals surface area (Å²) < 4.78 is 5.90. The first-order valence-corrected chi connectivity index (χ1v) is 5.17. The number of likely N-dealkylation sites (N-methyl/N-ethyl adjacent to an activating group) is 1. The molecule has 1 unspecified atom stereocenters. The van der Waals surface area contributed by atoms with Crippen LogP contribution in [0.15, 0.2) is 0 Å². The van der Waals surface area contributed by atoms with E-state index in [1.54, 1.807) is 0 Å². The van der Waals surface area contributed by atoms with Gasteiger partial charge >= 0.3 is 0 Å². The number of hydrogen-bond acceptors (Lipinski definition) is 2. The summed E-state index contributed by atoms with van der Waals surface area (Å²) in [5, 5.41) is 3.18. The summed E-state index contributed by atoms with van der Waals surface area (Å²) in [6.07, 6.45) is 7.37. The Labute approximate surface area is 75.7 Å². The Kier molecular flexibility index (Phi) is 4.62. The SMILES string of the molecule is CCCC(CNC)OC1CCC1. The van der Waals surface area contributed by atoms with E-state index in [9.17, 15) is 0 Å². The Morgan fingerprint density at radius 2 is 2.25 bits per heavy atom. The van der Waals surface area contributed by atoms with Crippen molar-refractivity contribution in [1.29, 1.82) is 0 Å². The van der Waals surface area contributed by atoms with Gasteiger partial charge in [0.2, 0.25) is 0 Å². The molecule has 1 aliphatic rings. The van der Waals surface area contributed by atoms with Crippen molar-refractivity contribution in [3.05, 3.63) is 0 Å². The molecule has 2 heteroatoms. The van der Waals surface area contributed by atoms with Crippen LogP contribution in [-0.2, 0) is 4.74 Å². The Bertz CT molecular complexity index is 106. The zero-order valence-electron chi connectivity index (χ0n) is 8.31. The molecule has 1 atom stereocenters. The number of hydrogen-bond donors (Lipinski definition) is 1. The average Bonchev–Trinajstić information content (AvgIpc) is 1.97. The van der Waals surface area contributed by atoms with Crippen molar-refractivity contribution in [3.8, 4) is 0 Å². The fourth-order valence-electron chi connectivity index (χ4n) is 1.55. The summed E-state index contributed by atoms with van der Waals surface area (Å²) in [7, 11) is 1.99. The molecule has 0 saturated heterocycles. The second kappa shape index (κ2) is 5.55. The highest BCUT2D eigenvalue weighted by Gasteiger charge is 2.21. The van der Waals surface area contributed by atoms with E-state index in [1.807, 2.05) is 7.05 Å². The van der Waals surface area contributed by atoms with Gasteiger partial charge in [-0.15, -0.1) is 0 Å². The summed E-state index contributed by atoms with van der Waals surface area (Å²) in [6, 6.07) is 0. The molecule has 0 aromatic heterocycles. The Morgan fingerprint density at radius 3 is 2.67 bits per heavy atom. The molecule has 0 aromatic rings. The quantitative estimate of drug-likeness (QED) is 0.659. The minimum Gasteiger partial charge on any atom is -0.374 e. The van der Waals surface area contributed by atoms with Gasteiger partial charge in [0.15, 0.2) is 0 Å². The molecule has 0 amide bonds. The van der Waals surface area contributed by atoms with E-state index < -0.39 is 0 Å². The van der Waals surface area contributed by atoms with E-state index in [1.165, 1.54) is 32.1 Å². The molecule has 2 nitrogen and oxygen atoms in total. The summed E-state index contributed by atoms with van der Waals surface area (Å²) >= 11 is 0. The van der Waals surface area contributed by atoms with Crippen LogP contribution in [0.3, 0.4) is 0 Å². The first-order valence-electron chi connectivity index (χ1n) is 5.17. The smallest absolute Gasteiger partial charge is 0.0703 e. The van der Waals surface area contributed by atoms with Crippen molar-refractivity contribution in [2.75, 3.05) is 13.6 Å². The molecule has 1 aliphatic carbocycles. The van der Waals surface area contributed by atoms with E-state index >= 15 is 0 Å². The maximum atomic E-state index is 5.90. The van der Waals surface area contributed by atoms with Crippen LogP contribution < -0.4 is 5.32 Å². The topological polar surface area (TPSA) is 21.3 Å². The molecule has 1 rings (SSSR count). The van der Waals surface area contributed by atoms with E-state index in [-0.39, 0.29) is 0 Å². The van der Waals surface area contributed by atoms with Crippen LogP contribution in [0, 0.1) is 0 Å². The van der Waals surface area contributed by atoms with Crippen LogP contribution in [0.5, 0.6) is 0 Å². The molecule has 1 saturated carbocycles. The summed E-state index contributed by atoms with van der Waals surface area (Å²) in [6.45, 7) is 3.22. The maximum Gasteiger partial charge on any atom is 0.0703 e. The Balaban J connectivity index is 2.11. The van der Waals surface area contributed by atoms with Crippen molar-refractivity contribution < 1.29 is 4.74 Å². The van der Waals surface area contributed by atoms with Crippen molar-refractivity contribution in [2.24, 2.45) is 0 Å². The summed E-state index contributed by atoms with van der Waals surface area (Å²) in [4.78, 5) is 0. The van der Waals surface area contributed by atoms with Crippen LogP contribution in [-0.4, -0.2) is 25.8 Å². The van der Waals surface area contributed by atoms with Crippen molar-refractivity contribution in [3.63, 3.8) is 0 Å². The number of ether oxygens (including phenoxy) is 1. The molecule has 12 heavy (non-hydrogen) atoms. The first-order chi connectivity index (χ1) is 5.86. The van der Waals surface area contributed by atoms with Gasteiger partial charge in [0.1, 0.15) is 0 Å². The highest BCUT2D eigenvalue weighted by atomic mass is 16.5. The van der Waals surface area contributed by atoms with Crippen molar-refractivity contribution >= 4 is 0 Å². The third kappa shape index (κ3) is 3.11. The van der Waals surface area contributed by atoms with Crippen molar-refractivity contribution in [1.82, 2.24) is 5.32 Å². The lowest BCUT2D eigenvalue weighted by molar-refractivity contribution is -0.0526. The van der Waals surface area contributed by atoms with Crippen LogP contribution in [0.4, 0.5) is 0 Å². The molecule has 0 aromatic carbocycles. The van der Waals surface area contributed by atoms with Crippen LogP contribution in [0.1, 0.15) is 39.0 Å². The van der Waals surface area contributed by atoms with Crippen LogP contribution >= 0.6 is 0 Å². The molecule has 1 N–H and O–H groups in total. The molecular formula is C10H21NO. The number of nitrogens with one attached hydrogen (secondary N) is 1. The predicted octanol–water partition coefficient (Wildman–Crippen LogP) is 1.94. The molecule has 0 radical (unpaired) electrons. The van der Waals surface area contributed by atoms with E-state index in [4.69, 9.17) is 4.74 Å². The fraction of sp³-hybridized carbons (Fsp3) is 1.00. The van der Waals surface area contributed by atoms with Gasteiger partial charge in [-0.2, -0.15) is 0 Å². The Morgan fingerprint density at radius 1 is 1.50 bits per heavy atom. The van der Waals surface area contributed by atoms with Gasteiger partial charge in [0.05, 0.1) is 12.2 Å². The standard InChI is InChI=1S/C10H21NO/c1-3-5-10(8-11-2)12-9-6-4-7-9/h9-11H,3-8H2,1-2H3. The zero-order valence-corrected chi connectivity index (χ0v) is 8.31. The summed E-state index contributed by atoms with van der Waals surface area (Å²) in [5.41, 5.74) is 0. The van der Waals surface area contributed by atoms with Gasteiger partial charge in [0.25, 0.3) is 0 Å². The third-order valence-corrected chi connectivity index (χ3v) is 2.48. The van der Waals surface area contributed by atoms with Gasteiger partial charge in [-0.3, -0.25) is 0 Å². The average molecular weight is 171 g/mol. The predicted molar refractivity (Wildman–Crippen MR) is 51.3 cm³/mol. The largest absolute Gasteiger partial charge is 0.374 e. The maximum absolute atomic E-state index is 5.90. The molecule has 0 aliphatic heterocycles. The van der Waals surface area contributed by atoms with Gasteiger partial charge in [-0.05, 0) is 32.7 Å². The lowest BCUT2D eigenvalue weighted by Gasteiger charge is -2.30. The number of rotatable bonds is 6. The van der Waals surface area contributed by atoms with Gasteiger partial charge in [-0.1, -0.05) is 13.3 Å². The highest BCUT2D eigenvalue weighted by Crippen LogP contribution is 2.24. The third-order valence-electron chi connectivity index (χ3n) is 2.48. The molecule has 0 spiro atoms. The molecule has 0 bridgehead atoms. The van der Waals surface area contributed by atoms with E-state index in [0.29, 0.717) is 12.2 Å². The normalized spacial score (nSPS) is 20.5. The van der Waals surface area contributed by atoms with Crippen LogP contribution in [0.2, 0.25) is 0 Å². The lowest BCUT2D eigenvalue weighted by atomic mass is 9.96. The zero-order chi connectivity index (χ0) is 8.81. The summed E-state index contributed by atoms with van der Waals surface area (Å²) in [5.74, 6) is 0. The van der Waals surface area contributed by atoms with Gasteiger partial charge in [-0.25, -0.2) is 0 Å². The monoisotopic (exact) mass is 171 g/mol. The van der Waals surface area contributed by atoms with Crippen molar-refractivity contribution in [2.45, 2.75) is 51.2 Å². The minimum absolute atomic E-state index is 0.449.